The number of unbranched alkanes of at least 4 members (excludes halogenated alkanes) is 3. The van der Waals surface area contributed by atoms with E-state index in [1.165, 1.54) is 19.3 Å². The maximum atomic E-state index is 11.0. The molecule has 2 atom stereocenters. The first-order chi connectivity index (χ1) is 10.9. The minimum Gasteiger partial charge on any atom is -0.550 e. The molecule has 0 aliphatic rings. The minimum absolute atomic E-state index is 0.275. The van der Waals surface area contributed by atoms with Crippen molar-refractivity contribution < 1.29 is 19.5 Å². The van der Waals surface area contributed by atoms with E-state index >= 15 is 0 Å². The summed E-state index contributed by atoms with van der Waals surface area (Å²) in [5.74, 6) is -1.38. The fourth-order valence-electron chi connectivity index (χ4n) is 3.49. The summed E-state index contributed by atoms with van der Waals surface area (Å²) in [7, 11) is 0. The lowest BCUT2D eigenvalue weighted by Crippen LogP contribution is -2.54. The van der Waals surface area contributed by atoms with Crippen LogP contribution in [0.5, 0.6) is 0 Å². The monoisotopic (exact) mass is 329 g/mol. The predicted molar refractivity (Wildman–Crippen MR) is 93.9 cm³/mol. The summed E-state index contributed by atoms with van der Waals surface area (Å²) >= 11 is 0. The maximum Gasteiger partial charge on any atom is 0.105 e. The zero-order chi connectivity index (χ0) is 17.7. The first-order valence-electron chi connectivity index (χ1n) is 9.64. The van der Waals surface area contributed by atoms with Crippen molar-refractivity contribution in [1.82, 2.24) is 0 Å². The van der Waals surface area contributed by atoms with Crippen LogP contribution < -0.4 is 5.11 Å². The van der Waals surface area contributed by atoms with Crippen molar-refractivity contribution in [2.45, 2.75) is 85.2 Å². The molecule has 0 amide bonds. The van der Waals surface area contributed by atoms with E-state index in [9.17, 15) is 15.0 Å². The molecular formula is C19H39NO3. The van der Waals surface area contributed by atoms with Gasteiger partial charge in [0.2, 0.25) is 0 Å². The second-order valence-electron chi connectivity index (χ2n) is 7.21. The van der Waals surface area contributed by atoms with E-state index in [1.807, 2.05) is 0 Å². The largest absolute Gasteiger partial charge is 0.550 e. The molecule has 0 heterocycles. The second-order valence-corrected chi connectivity index (χ2v) is 7.21. The molecule has 0 aliphatic carbocycles. The van der Waals surface area contributed by atoms with E-state index in [0.717, 1.165) is 56.3 Å². The molecule has 4 nitrogen and oxygen atoms in total. The van der Waals surface area contributed by atoms with Crippen molar-refractivity contribution in [1.29, 1.82) is 0 Å². The highest BCUT2D eigenvalue weighted by atomic mass is 16.4. The molecule has 23 heavy (non-hydrogen) atoms. The van der Waals surface area contributed by atoms with Crippen LogP contribution in [0.25, 0.3) is 0 Å². The lowest BCUT2D eigenvalue weighted by atomic mass is 10.0. The van der Waals surface area contributed by atoms with E-state index in [1.54, 1.807) is 6.92 Å². The van der Waals surface area contributed by atoms with Crippen LogP contribution in [-0.4, -0.2) is 47.8 Å². The van der Waals surface area contributed by atoms with Gasteiger partial charge >= 0.3 is 0 Å². The summed E-state index contributed by atoms with van der Waals surface area (Å²) in [5.41, 5.74) is 0. The van der Waals surface area contributed by atoms with E-state index in [0.29, 0.717) is 6.42 Å². The lowest BCUT2D eigenvalue weighted by Gasteiger charge is -2.41. The number of carboxylic acid groups (broad SMARTS) is 1. The van der Waals surface area contributed by atoms with Crippen molar-refractivity contribution in [3.63, 3.8) is 0 Å². The molecule has 1 N–H and O–H groups in total. The van der Waals surface area contributed by atoms with E-state index in [4.69, 9.17) is 0 Å². The molecule has 138 valence electrons. The molecular weight excluding hydrogens is 290 g/mol. The molecule has 4 heteroatoms. The third kappa shape index (κ3) is 9.98. The Labute approximate surface area is 143 Å². The Morgan fingerprint density at radius 3 is 2.04 bits per heavy atom. The van der Waals surface area contributed by atoms with Crippen molar-refractivity contribution in [2.75, 3.05) is 26.2 Å². The molecule has 0 aliphatic heterocycles. The Bertz CT molecular complexity index is 301. The van der Waals surface area contributed by atoms with Gasteiger partial charge in [0.05, 0.1) is 19.6 Å². The van der Waals surface area contributed by atoms with Gasteiger partial charge < -0.3 is 19.5 Å². The smallest absolute Gasteiger partial charge is 0.105 e. The lowest BCUT2D eigenvalue weighted by molar-refractivity contribution is -0.931. The van der Waals surface area contributed by atoms with Crippen LogP contribution in [0.2, 0.25) is 0 Å². The SMILES string of the molecule is CCCCCCC(O)C[N+](CCC)(CCC)CCC(C)C(=O)[O-]. The Balaban J connectivity index is 4.65. The number of hydrogen-bond acceptors (Lipinski definition) is 3. The summed E-state index contributed by atoms with van der Waals surface area (Å²) < 4.78 is 0.847. The Hall–Kier alpha value is -0.610. The van der Waals surface area contributed by atoms with Gasteiger partial charge in [0.25, 0.3) is 0 Å². The standard InChI is InChI=1S/C19H39NO3/c1-5-8-9-10-11-18(21)16-20(13-6-2,14-7-3)15-12-17(4)19(22)23/h17-18,21H,5-16H2,1-4H3. The van der Waals surface area contributed by atoms with Crippen LogP contribution in [0.3, 0.4) is 0 Å². The Morgan fingerprint density at radius 2 is 1.57 bits per heavy atom. The van der Waals surface area contributed by atoms with E-state index in [-0.39, 0.29) is 6.10 Å². The summed E-state index contributed by atoms with van der Waals surface area (Å²) in [6.07, 6.45) is 8.06. The molecule has 0 spiro atoms. The number of aliphatic hydroxyl groups excluding tert-OH is 1. The zero-order valence-electron chi connectivity index (χ0n) is 15.9. The fourth-order valence-corrected chi connectivity index (χ4v) is 3.49. The van der Waals surface area contributed by atoms with Gasteiger partial charge in [0.1, 0.15) is 12.6 Å². The highest BCUT2D eigenvalue weighted by Crippen LogP contribution is 2.18. The maximum absolute atomic E-state index is 11.0. The molecule has 0 saturated carbocycles. The summed E-state index contributed by atoms with van der Waals surface area (Å²) in [5, 5.41) is 21.5. The quantitative estimate of drug-likeness (QED) is 0.371. The third-order valence-corrected chi connectivity index (χ3v) is 4.82. The van der Waals surface area contributed by atoms with Gasteiger partial charge in [-0.05, 0) is 19.3 Å². The molecule has 0 aromatic carbocycles. The number of quaternary nitrogens is 1. The van der Waals surface area contributed by atoms with Crippen LogP contribution in [0, 0.1) is 5.92 Å². The molecule has 0 aromatic heterocycles. The molecule has 0 aromatic rings. The number of hydrogen-bond donors (Lipinski definition) is 1. The van der Waals surface area contributed by atoms with Gasteiger partial charge in [0.15, 0.2) is 0 Å². The van der Waals surface area contributed by atoms with Crippen LogP contribution in [0.4, 0.5) is 0 Å². The highest BCUT2D eigenvalue weighted by Gasteiger charge is 2.29. The molecule has 2 unspecified atom stereocenters. The van der Waals surface area contributed by atoms with Crippen molar-refractivity contribution in [3.05, 3.63) is 0 Å². The molecule has 0 fully saturated rings. The molecule has 0 bridgehead atoms. The van der Waals surface area contributed by atoms with Gasteiger partial charge in [-0.2, -0.15) is 0 Å². The number of aliphatic hydroxyl groups is 1. The van der Waals surface area contributed by atoms with Gasteiger partial charge in [0, 0.05) is 18.3 Å². The molecule has 0 rings (SSSR count). The summed E-state index contributed by atoms with van der Waals surface area (Å²) in [6, 6.07) is 0. The Morgan fingerprint density at radius 1 is 0.957 bits per heavy atom. The van der Waals surface area contributed by atoms with Crippen LogP contribution in [0.1, 0.15) is 79.1 Å². The fraction of sp³-hybridized carbons (Fsp3) is 0.947. The van der Waals surface area contributed by atoms with Crippen LogP contribution in [-0.2, 0) is 4.79 Å². The van der Waals surface area contributed by atoms with E-state index < -0.39 is 11.9 Å². The molecule has 0 radical (unpaired) electrons. The Kier molecular flexibility index (Phi) is 12.4. The number of rotatable bonds is 15. The first-order valence-corrected chi connectivity index (χ1v) is 9.64. The third-order valence-electron chi connectivity index (χ3n) is 4.82. The average molecular weight is 330 g/mol. The van der Waals surface area contributed by atoms with Gasteiger partial charge in [-0.1, -0.05) is 53.4 Å². The topological polar surface area (TPSA) is 60.4 Å². The second kappa shape index (κ2) is 12.8. The van der Waals surface area contributed by atoms with E-state index in [2.05, 4.69) is 20.8 Å². The van der Waals surface area contributed by atoms with Crippen LogP contribution in [0.15, 0.2) is 0 Å². The van der Waals surface area contributed by atoms with Crippen molar-refractivity contribution >= 4 is 5.97 Å². The summed E-state index contributed by atoms with van der Waals surface area (Å²) in [4.78, 5) is 11.0. The normalized spacial score (nSPS) is 14.7. The molecule has 0 saturated heterocycles. The average Bonchev–Trinajstić information content (AvgIpc) is 2.49. The van der Waals surface area contributed by atoms with Gasteiger partial charge in [-0.3, -0.25) is 0 Å². The van der Waals surface area contributed by atoms with Gasteiger partial charge in [-0.15, -0.1) is 0 Å². The predicted octanol–water partition coefficient (Wildman–Crippen LogP) is 2.73. The number of carbonyl (C=O) groups excluding carboxylic acids is 1. The zero-order valence-corrected chi connectivity index (χ0v) is 15.9. The summed E-state index contributed by atoms with van der Waals surface area (Å²) in [6.45, 7) is 11.9. The number of aliphatic carboxylic acids is 1. The number of carboxylic acids is 1. The van der Waals surface area contributed by atoms with Crippen molar-refractivity contribution in [2.24, 2.45) is 5.92 Å². The van der Waals surface area contributed by atoms with Crippen LogP contribution >= 0.6 is 0 Å². The van der Waals surface area contributed by atoms with Gasteiger partial charge in [-0.25, -0.2) is 0 Å². The minimum atomic E-state index is -0.962. The first kappa shape index (κ1) is 22.4. The highest BCUT2D eigenvalue weighted by molar-refractivity contribution is 5.66. The van der Waals surface area contributed by atoms with Crippen molar-refractivity contribution in [3.8, 4) is 0 Å². The number of nitrogens with zero attached hydrogens (tertiary/aromatic N) is 1. The number of carbonyl (C=O) groups is 1.